The van der Waals surface area contributed by atoms with E-state index in [0.29, 0.717) is 37.9 Å². The van der Waals surface area contributed by atoms with Crippen LogP contribution in [0, 0.1) is 5.41 Å². The minimum atomic E-state index is -4.42. The van der Waals surface area contributed by atoms with Gasteiger partial charge in [0.15, 0.2) is 6.61 Å². The van der Waals surface area contributed by atoms with Gasteiger partial charge in [-0.15, -0.1) is 0 Å². The fraction of sp³-hybridized carbons (Fsp3) is 0.684. The van der Waals surface area contributed by atoms with Gasteiger partial charge in [-0.2, -0.15) is 13.2 Å². The lowest BCUT2D eigenvalue weighted by molar-refractivity contribution is -0.154. The van der Waals surface area contributed by atoms with Gasteiger partial charge in [-0.3, -0.25) is 4.79 Å². The zero-order valence-corrected chi connectivity index (χ0v) is 15.4. The number of ether oxygens (including phenoxy) is 1. The van der Waals surface area contributed by atoms with Gasteiger partial charge in [0.2, 0.25) is 11.8 Å². The summed E-state index contributed by atoms with van der Waals surface area (Å²) in [5.41, 5.74) is -0.538. The summed E-state index contributed by atoms with van der Waals surface area (Å²) in [6.45, 7) is 1.20. The lowest BCUT2D eigenvalue weighted by Gasteiger charge is -2.40. The van der Waals surface area contributed by atoms with E-state index >= 15 is 0 Å². The van der Waals surface area contributed by atoms with E-state index in [-0.39, 0.29) is 11.8 Å². The topological polar surface area (TPSA) is 62.7 Å². The first-order valence-corrected chi connectivity index (χ1v) is 9.36. The third-order valence-electron chi connectivity index (χ3n) is 5.78. The van der Waals surface area contributed by atoms with Gasteiger partial charge < -0.3 is 14.7 Å². The molecule has 27 heavy (non-hydrogen) atoms. The van der Waals surface area contributed by atoms with E-state index in [9.17, 15) is 23.1 Å². The highest BCUT2D eigenvalue weighted by Gasteiger charge is 2.51. The third-order valence-corrected chi connectivity index (χ3v) is 5.78. The number of halogens is 3. The molecule has 1 saturated carbocycles. The molecule has 0 aromatic carbocycles. The van der Waals surface area contributed by atoms with Gasteiger partial charge in [0.05, 0.1) is 22.9 Å². The fourth-order valence-electron chi connectivity index (χ4n) is 4.21. The van der Waals surface area contributed by atoms with E-state index in [1.807, 2.05) is 6.92 Å². The van der Waals surface area contributed by atoms with Gasteiger partial charge in [0.1, 0.15) is 0 Å². The van der Waals surface area contributed by atoms with Crippen LogP contribution in [0.4, 0.5) is 18.9 Å². The van der Waals surface area contributed by atoms with Crippen LogP contribution in [0.1, 0.15) is 51.9 Å². The smallest absolute Gasteiger partial charge is 0.422 e. The highest BCUT2D eigenvalue weighted by Crippen LogP contribution is 2.49. The highest BCUT2D eigenvalue weighted by atomic mass is 19.4. The summed E-state index contributed by atoms with van der Waals surface area (Å²) >= 11 is 0. The Morgan fingerprint density at radius 2 is 1.93 bits per heavy atom. The van der Waals surface area contributed by atoms with E-state index in [1.54, 1.807) is 11.0 Å². The molecule has 1 aliphatic heterocycles. The predicted octanol–water partition coefficient (Wildman–Crippen LogP) is 3.85. The van der Waals surface area contributed by atoms with Crippen LogP contribution in [-0.2, 0) is 4.79 Å². The number of carbonyl (C=O) groups is 1. The molecule has 1 saturated heterocycles. The summed E-state index contributed by atoms with van der Waals surface area (Å²) in [6.07, 6.45) is 1.93. The minimum Gasteiger partial charge on any atom is -0.468 e. The molecule has 0 radical (unpaired) electrons. The quantitative estimate of drug-likeness (QED) is 0.835. The molecular formula is C19H25F3N2O3. The molecule has 0 unspecified atom stereocenters. The first-order valence-electron chi connectivity index (χ1n) is 9.36. The van der Waals surface area contributed by atoms with Gasteiger partial charge in [0, 0.05) is 12.6 Å². The molecule has 1 N–H and O–H groups in total. The van der Waals surface area contributed by atoms with Crippen molar-refractivity contribution in [3.8, 4) is 5.88 Å². The molecule has 1 aromatic rings. The molecule has 8 heteroatoms. The maximum Gasteiger partial charge on any atom is 0.422 e. The zero-order valence-electron chi connectivity index (χ0n) is 15.4. The number of carbonyl (C=O) groups excluding carboxylic acids is 1. The first kappa shape index (κ1) is 19.9. The number of amides is 1. The Morgan fingerprint density at radius 1 is 1.22 bits per heavy atom. The fourth-order valence-corrected chi connectivity index (χ4v) is 4.21. The summed E-state index contributed by atoms with van der Waals surface area (Å²) in [4.78, 5) is 18.6. The van der Waals surface area contributed by atoms with Gasteiger partial charge in [-0.05, 0) is 44.6 Å². The molecule has 0 atom stereocenters. The van der Waals surface area contributed by atoms with Crippen molar-refractivity contribution < 1.29 is 27.8 Å². The molecule has 2 heterocycles. The maximum absolute atomic E-state index is 13.0. The van der Waals surface area contributed by atoms with Gasteiger partial charge in [0.25, 0.3) is 0 Å². The molecule has 2 aliphatic rings. The van der Waals surface area contributed by atoms with Crippen molar-refractivity contribution >= 4 is 11.6 Å². The molecule has 1 amide bonds. The van der Waals surface area contributed by atoms with E-state index in [0.717, 1.165) is 19.3 Å². The number of hydrogen-bond donors (Lipinski definition) is 1. The van der Waals surface area contributed by atoms with Gasteiger partial charge in [-0.1, -0.05) is 13.3 Å². The summed E-state index contributed by atoms with van der Waals surface area (Å²) in [5.74, 6) is -0.105. The number of nitrogens with zero attached hydrogens (tertiary/aromatic N) is 2. The largest absolute Gasteiger partial charge is 0.468 e. The highest BCUT2D eigenvalue weighted by molar-refractivity contribution is 5.99. The Balaban J connectivity index is 1.64. The van der Waals surface area contributed by atoms with Crippen LogP contribution in [-0.4, -0.2) is 40.9 Å². The normalized spacial score (nSPS) is 28.8. The molecule has 1 spiro atoms. The van der Waals surface area contributed by atoms with E-state index in [1.165, 1.54) is 12.3 Å². The van der Waals surface area contributed by atoms with Crippen molar-refractivity contribution in [3.05, 3.63) is 18.3 Å². The molecule has 1 aliphatic carbocycles. The van der Waals surface area contributed by atoms with Crippen molar-refractivity contribution in [2.75, 3.05) is 18.1 Å². The number of alkyl halides is 3. The number of aromatic nitrogens is 1. The van der Waals surface area contributed by atoms with E-state index < -0.39 is 23.8 Å². The molecule has 150 valence electrons. The molecule has 3 rings (SSSR count). The minimum absolute atomic E-state index is 0.0202. The number of pyridine rings is 1. The average Bonchev–Trinajstić information content (AvgIpc) is 2.93. The third kappa shape index (κ3) is 4.36. The van der Waals surface area contributed by atoms with Crippen molar-refractivity contribution in [2.24, 2.45) is 5.41 Å². The van der Waals surface area contributed by atoms with Crippen molar-refractivity contribution in [1.82, 2.24) is 4.98 Å². The summed E-state index contributed by atoms with van der Waals surface area (Å²) in [5, 5.41) is 10.6. The lowest BCUT2D eigenvalue weighted by atomic mass is 9.67. The zero-order chi connectivity index (χ0) is 19.7. The second-order valence-corrected chi connectivity index (χ2v) is 7.72. The van der Waals surface area contributed by atoms with E-state index in [2.05, 4.69) is 9.72 Å². The Hall–Kier alpha value is -1.83. The predicted molar refractivity (Wildman–Crippen MR) is 93.5 cm³/mol. The van der Waals surface area contributed by atoms with Crippen molar-refractivity contribution in [2.45, 2.75) is 63.6 Å². The number of anilines is 1. The first-order chi connectivity index (χ1) is 12.7. The van der Waals surface area contributed by atoms with Crippen LogP contribution < -0.4 is 9.64 Å². The standard InChI is InChI=1S/C19H25F3N2O3/c1-2-5-18(26)8-6-17(7-9-18)10-11-24(16(17)25)14-3-4-15(23-12-14)27-13-19(20,21)22/h3-4,12,26H,2,5-11,13H2,1H3. The SMILES string of the molecule is CCCC1(O)CCC2(CCN(c3ccc(OCC(F)(F)F)nc3)C2=O)CC1. The van der Waals surface area contributed by atoms with Crippen LogP contribution in [0.25, 0.3) is 0 Å². The van der Waals surface area contributed by atoms with Crippen LogP contribution in [0.15, 0.2) is 18.3 Å². The Labute approximate surface area is 156 Å². The Bertz CT molecular complexity index is 668. The van der Waals surface area contributed by atoms with Crippen LogP contribution >= 0.6 is 0 Å². The maximum atomic E-state index is 13.0. The Morgan fingerprint density at radius 3 is 2.48 bits per heavy atom. The summed E-state index contributed by atoms with van der Waals surface area (Å²) in [6, 6.07) is 2.91. The second kappa shape index (κ2) is 7.30. The molecule has 0 bridgehead atoms. The van der Waals surface area contributed by atoms with Gasteiger partial charge >= 0.3 is 6.18 Å². The van der Waals surface area contributed by atoms with Crippen LogP contribution in [0.5, 0.6) is 5.88 Å². The molecule has 5 nitrogen and oxygen atoms in total. The summed E-state index contributed by atoms with van der Waals surface area (Å²) in [7, 11) is 0. The lowest BCUT2D eigenvalue weighted by Crippen LogP contribution is -2.43. The van der Waals surface area contributed by atoms with Crippen LogP contribution in [0.2, 0.25) is 0 Å². The average molecular weight is 386 g/mol. The van der Waals surface area contributed by atoms with Crippen molar-refractivity contribution in [3.63, 3.8) is 0 Å². The number of rotatable bonds is 5. The molecular weight excluding hydrogens is 361 g/mol. The summed E-state index contributed by atoms with van der Waals surface area (Å²) < 4.78 is 41.2. The molecule has 1 aromatic heterocycles. The van der Waals surface area contributed by atoms with Crippen molar-refractivity contribution in [1.29, 1.82) is 0 Å². The number of hydrogen-bond acceptors (Lipinski definition) is 4. The van der Waals surface area contributed by atoms with Gasteiger partial charge in [-0.25, -0.2) is 4.98 Å². The monoisotopic (exact) mass is 386 g/mol. The van der Waals surface area contributed by atoms with E-state index in [4.69, 9.17) is 0 Å². The number of aliphatic hydroxyl groups is 1. The van der Waals surface area contributed by atoms with Crippen LogP contribution in [0.3, 0.4) is 0 Å². The second-order valence-electron chi connectivity index (χ2n) is 7.72. The molecule has 2 fully saturated rings. The Kier molecular flexibility index (Phi) is 5.38.